The number of nitrogens with zero attached hydrogens (tertiary/aromatic N) is 1. The number of ether oxygens (including phenoxy) is 2. The lowest BCUT2D eigenvalue weighted by atomic mass is 10.1. The summed E-state index contributed by atoms with van der Waals surface area (Å²) in [6, 6.07) is 7.38. The highest BCUT2D eigenvalue weighted by Gasteiger charge is 2.14. The summed E-state index contributed by atoms with van der Waals surface area (Å²) in [6.07, 6.45) is 1.32. The maximum absolute atomic E-state index is 11.9. The van der Waals surface area contributed by atoms with Gasteiger partial charge in [-0.1, -0.05) is 18.2 Å². The second-order valence-electron chi connectivity index (χ2n) is 5.44. The lowest BCUT2D eigenvalue weighted by Crippen LogP contribution is -2.25. The summed E-state index contributed by atoms with van der Waals surface area (Å²) < 4.78 is 11.9. The van der Waals surface area contributed by atoms with Crippen molar-refractivity contribution in [1.82, 2.24) is 5.43 Å². The zero-order chi connectivity index (χ0) is 19.3. The maximum Gasteiger partial charge on any atom is 0.277 e. The van der Waals surface area contributed by atoms with E-state index in [4.69, 9.17) is 9.47 Å². The molecule has 0 spiro atoms. The fourth-order valence-corrected chi connectivity index (χ4v) is 3.08. The number of aryl methyl sites for hydroxylation is 2. The minimum atomic E-state index is -0.415. The van der Waals surface area contributed by atoms with Crippen molar-refractivity contribution in [2.45, 2.75) is 13.8 Å². The Labute approximate surface area is 168 Å². The zero-order valence-electron chi connectivity index (χ0n) is 14.5. The molecule has 2 aromatic carbocycles. The van der Waals surface area contributed by atoms with Crippen LogP contribution in [0.3, 0.4) is 0 Å². The number of methoxy groups -OCH3 is 1. The van der Waals surface area contributed by atoms with Gasteiger partial charge in [-0.05, 0) is 62.9 Å². The fourth-order valence-electron chi connectivity index (χ4n) is 2.25. The number of phenols is 1. The van der Waals surface area contributed by atoms with E-state index >= 15 is 0 Å². The lowest BCUT2D eigenvalue weighted by molar-refractivity contribution is -0.123. The molecule has 2 N–H and O–H groups in total. The summed E-state index contributed by atoms with van der Waals surface area (Å²) in [6.45, 7) is 3.66. The van der Waals surface area contributed by atoms with Gasteiger partial charge >= 0.3 is 0 Å². The first-order valence-electron chi connectivity index (χ1n) is 7.61. The van der Waals surface area contributed by atoms with Crippen molar-refractivity contribution in [2.75, 3.05) is 13.7 Å². The summed E-state index contributed by atoms with van der Waals surface area (Å²) in [4.78, 5) is 11.9. The number of rotatable bonds is 6. The molecule has 0 aliphatic rings. The number of hydrogen-bond donors (Lipinski definition) is 2. The molecule has 0 aliphatic heterocycles. The van der Waals surface area contributed by atoms with E-state index in [2.05, 4.69) is 42.4 Å². The highest BCUT2D eigenvalue weighted by Crippen LogP contribution is 2.39. The van der Waals surface area contributed by atoms with Crippen LogP contribution in [0.2, 0.25) is 0 Å². The number of benzene rings is 2. The van der Waals surface area contributed by atoms with Gasteiger partial charge in [0.15, 0.2) is 18.1 Å². The van der Waals surface area contributed by atoms with Crippen LogP contribution in [0.15, 0.2) is 38.3 Å². The molecule has 0 aliphatic carbocycles. The first kappa shape index (κ1) is 20.3. The number of phenolic OH excluding ortho intramolecular Hbond substituents is 1. The third-order valence-corrected chi connectivity index (χ3v) is 5.56. The van der Waals surface area contributed by atoms with Crippen molar-refractivity contribution in [3.05, 3.63) is 49.9 Å². The average molecular weight is 486 g/mol. The molecule has 26 heavy (non-hydrogen) atoms. The van der Waals surface area contributed by atoms with E-state index in [0.29, 0.717) is 20.3 Å². The minimum Gasteiger partial charge on any atom is -0.504 e. The largest absolute Gasteiger partial charge is 0.504 e. The van der Waals surface area contributed by atoms with Gasteiger partial charge in [0, 0.05) is 8.95 Å². The Bertz CT molecular complexity index is 833. The highest BCUT2D eigenvalue weighted by molar-refractivity contribution is 9.13. The zero-order valence-corrected chi connectivity index (χ0v) is 17.6. The Balaban J connectivity index is 2.03. The Morgan fingerprint density at radius 2 is 1.96 bits per heavy atom. The number of hydrazone groups is 1. The van der Waals surface area contributed by atoms with Crippen molar-refractivity contribution in [3.63, 3.8) is 0 Å². The molecule has 1 amide bonds. The number of aromatic hydroxyl groups is 1. The molecule has 0 unspecified atom stereocenters. The van der Waals surface area contributed by atoms with Gasteiger partial charge in [0.25, 0.3) is 5.91 Å². The van der Waals surface area contributed by atoms with Crippen LogP contribution in [0.25, 0.3) is 0 Å². The Morgan fingerprint density at radius 1 is 1.31 bits per heavy atom. The van der Waals surface area contributed by atoms with Gasteiger partial charge < -0.3 is 14.6 Å². The second kappa shape index (κ2) is 9.05. The van der Waals surface area contributed by atoms with Crippen molar-refractivity contribution < 1.29 is 19.4 Å². The van der Waals surface area contributed by atoms with Crippen molar-refractivity contribution >= 4 is 44.0 Å². The molecule has 0 bridgehead atoms. The smallest absolute Gasteiger partial charge is 0.277 e. The van der Waals surface area contributed by atoms with E-state index in [1.165, 1.54) is 13.3 Å². The van der Waals surface area contributed by atoms with Crippen LogP contribution in [0.4, 0.5) is 0 Å². The monoisotopic (exact) mass is 484 g/mol. The van der Waals surface area contributed by atoms with Gasteiger partial charge in [0.05, 0.1) is 18.9 Å². The molecule has 2 rings (SSSR count). The summed E-state index contributed by atoms with van der Waals surface area (Å²) in [5.41, 5.74) is 4.65. The molecule has 0 saturated carbocycles. The van der Waals surface area contributed by atoms with Crippen molar-refractivity contribution in [2.24, 2.45) is 5.10 Å². The quantitative estimate of drug-likeness (QED) is 0.477. The van der Waals surface area contributed by atoms with E-state index in [0.717, 1.165) is 11.1 Å². The van der Waals surface area contributed by atoms with E-state index < -0.39 is 5.91 Å². The van der Waals surface area contributed by atoms with E-state index in [9.17, 15) is 9.90 Å². The number of carbonyl (C=O) groups is 1. The lowest BCUT2D eigenvalue weighted by Gasteiger charge is -2.11. The van der Waals surface area contributed by atoms with Crippen LogP contribution < -0.4 is 14.9 Å². The molecule has 0 heterocycles. The minimum absolute atomic E-state index is 0.0904. The summed E-state index contributed by atoms with van der Waals surface area (Å²) in [5, 5.41) is 14.0. The number of halogens is 2. The van der Waals surface area contributed by atoms with Crippen LogP contribution >= 0.6 is 31.9 Å². The van der Waals surface area contributed by atoms with Gasteiger partial charge in [0.2, 0.25) is 0 Å². The third-order valence-electron chi connectivity index (χ3n) is 3.55. The number of hydrogen-bond acceptors (Lipinski definition) is 5. The molecule has 0 aromatic heterocycles. The number of para-hydroxylation sites is 1. The van der Waals surface area contributed by atoms with Crippen molar-refractivity contribution in [1.29, 1.82) is 0 Å². The van der Waals surface area contributed by atoms with E-state index in [1.807, 2.05) is 32.0 Å². The molecule has 0 radical (unpaired) electrons. The van der Waals surface area contributed by atoms with Crippen LogP contribution in [0.5, 0.6) is 17.2 Å². The van der Waals surface area contributed by atoms with E-state index in [1.54, 1.807) is 6.07 Å². The van der Waals surface area contributed by atoms with Gasteiger partial charge in [-0.15, -0.1) is 0 Å². The van der Waals surface area contributed by atoms with Crippen LogP contribution in [0, 0.1) is 13.8 Å². The predicted octanol–water partition coefficient (Wildman–Crippen LogP) is 4.07. The fraction of sp³-hybridized carbons (Fsp3) is 0.222. The van der Waals surface area contributed by atoms with Crippen LogP contribution in [-0.2, 0) is 4.79 Å². The van der Waals surface area contributed by atoms with Gasteiger partial charge in [-0.25, -0.2) is 5.43 Å². The molecule has 6 nitrogen and oxygen atoms in total. The standard InChI is InChI=1S/C18H18Br2N2O4/c1-10-5-4-6-11(2)18(10)26-9-15(23)22-21-8-12-16(20)13(19)7-14(25-3)17(12)24/h4-8,24H,9H2,1-3H3,(H,22,23). The summed E-state index contributed by atoms with van der Waals surface area (Å²) >= 11 is 6.70. The average Bonchev–Trinajstić information content (AvgIpc) is 2.60. The SMILES string of the molecule is COc1cc(Br)c(Br)c(C=NNC(=O)COc2c(C)cccc2C)c1O. The summed E-state index contributed by atoms with van der Waals surface area (Å²) in [5.74, 6) is 0.462. The van der Waals surface area contributed by atoms with Gasteiger partial charge in [-0.2, -0.15) is 5.10 Å². The first-order valence-corrected chi connectivity index (χ1v) is 9.19. The van der Waals surface area contributed by atoms with Crippen LogP contribution in [0.1, 0.15) is 16.7 Å². The second-order valence-corrected chi connectivity index (χ2v) is 7.09. The summed E-state index contributed by atoms with van der Waals surface area (Å²) in [7, 11) is 1.45. The maximum atomic E-state index is 11.9. The molecule has 138 valence electrons. The molecule has 0 fully saturated rings. The predicted molar refractivity (Wildman–Crippen MR) is 107 cm³/mol. The molecular formula is C18H18Br2N2O4. The van der Waals surface area contributed by atoms with Crippen molar-refractivity contribution in [3.8, 4) is 17.2 Å². The number of nitrogens with one attached hydrogen (secondary N) is 1. The Morgan fingerprint density at radius 3 is 2.58 bits per heavy atom. The third kappa shape index (κ3) is 4.76. The first-order chi connectivity index (χ1) is 12.3. The topological polar surface area (TPSA) is 80.2 Å². The van der Waals surface area contributed by atoms with Gasteiger partial charge in [0.1, 0.15) is 5.75 Å². The van der Waals surface area contributed by atoms with E-state index in [-0.39, 0.29) is 18.1 Å². The van der Waals surface area contributed by atoms with Crippen LogP contribution in [-0.4, -0.2) is 30.9 Å². The molecular weight excluding hydrogens is 468 g/mol. The molecule has 0 atom stereocenters. The molecule has 0 saturated heterocycles. The molecule has 8 heteroatoms. The highest BCUT2D eigenvalue weighted by atomic mass is 79.9. The molecule has 2 aromatic rings. The number of amides is 1. The van der Waals surface area contributed by atoms with Gasteiger partial charge in [-0.3, -0.25) is 4.79 Å². The normalized spacial score (nSPS) is 10.8. The number of carbonyl (C=O) groups excluding carboxylic acids is 1. The Kier molecular flexibility index (Phi) is 7.05. The Hall–Kier alpha value is -2.06.